The smallest absolute Gasteiger partial charge is 0.0725 e. The van der Waals surface area contributed by atoms with Gasteiger partial charge in [0, 0.05) is 19.1 Å². The van der Waals surface area contributed by atoms with Crippen molar-refractivity contribution < 1.29 is 4.74 Å². The van der Waals surface area contributed by atoms with Crippen molar-refractivity contribution in [2.45, 2.75) is 57.1 Å². The van der Waals surface area contributed by atoms with Gasteiger partial charge in [-0.3, -0.25) is 0 Å². The lowest BCUT2D eigenvalue weighted by Crippen LogP contribution is -2.39. The maximum Gasteiger partial charge on any atom is 0.0725 e. The molecule has 1 saturated carbocycles. The van der Waals surface area contributed by atoms with Crippen LogP contribution in [0.25, 0.3) is 0 Å². The Morgan fingerprint density at radius 2 is 2.07 bits per heavy atom. The topological polar surface area (TPSA) is 59.0 Å². The van der Waals surface area contributed by atoms with Crippen molar-refractivity contribution in [3.8, 4) is 6.07 Å². The van der Waals surface area contributed by atoms with Crippen LogP contribution < -0.4 is 5.73 Å². The van der Waals surface area contributed by atoms with E-state index < -0.39 is 0 Å². The second-order valence-electron chi connectivity index (χ2n) is 3.97. The van der Waals surface area contributed by atoms with Crippen LogP contribution in [0.5, 0.6) is 0 Å². The Balaban J connectivity index is 2.02. The number of nitrogens with two attached hydrogens (primary N) is 1. The molecule has 0 bridgehead atoms. The molecule has 0 aromatic rings. The molecule has 3 nitrogen and oxygen atoms in total. The van der Waals surface area contributed by atoms with Gasteiger partial charge in [-0.15, -0.1) is 0 Å². The normalized spacial score (nSPS) is 27.1. The van der Waals surface area contributed by atoms with E-state index in [0.29, 0.717) is 6.42 Å². The van der Waals surface area contributed by atoms with Crippen LogP contribution in [0.15, 0.2) is 0 Å². The first-order valence-electron chi connectivity index (χ1n) is 5.58. The number of rotatable bonds is 5. The van der Waals surface area contributed by atoms with Crippen LogP contribution in [-0.2, 0) is 4.74 Å². The average molecular weight is 196 g/mol. The molecule has 2 unspecified atom stereocenters. The van der Waals surface area contributed by atoms with Crippen LogP contribution in [0, 0.1) is 11.3 Å². The van der Waals surface area contributed by atoms with Gasteiger partial charge in [-0.1, -0.05) is 12.8 Å². The van der Waals surface area contributed by atoms with Crippen molar-refractivity contribution in [2.24, 2.45) is 5.73 Å². The predicted octanol–water partition coefficient (Wildman–Crippen LogP) is 1.97. The first kappa shape index (κ1) is 11.5. The van der Waals surface area contributed by atoms with Crippen molar-refractivity contribution in [3.63, 3.8) is 0 Å². The Morgan fingerprint density at radius 3 is 2.79 bits per heavy atom. The van der Waals surface area contributed by atoms with Crippen LogP contribution >= 0.6 is 0 Å². The number of unbranched alkanes of at least 4 members (excludes halogenated alkanes) is 2. The Labute approximate surface area is 86.2 Å². The summed E-state index contributed by atoms with van der Waals surface area (Å²) in [7, 11) is 0. The van der Waals surface area contributed by atoms with Crippen molar-refractivity contribution in [3.05, 3.63) is 0 Å². The molecule has 14 heavy (non-hydrogen) atoms. The van der Waals surface area contributed by atoms with Gasteiger partial charge >= 0.3 is 0 Å². The summed E-state index contributed by atoms with van der Waals surface area (Å²) in [6.45, 7) is 0.764. The summed E-state index contributed by atoms with van der Waals surface area (Å²) in [6.07, 6.45) is 7.54. The number of hydrogen-bond acceptors (Lipinski definition) is 3. The lowest BCUT2D eigenvalue weighted by Gasteiger charge is -2.28. The van der Waals surface area contributed by atoms with Gasteiger partial charge in [-0.25, -0.2) is 0 Å². The molecule has 0 saturated heterocycles. The molecule has 1 fully saturated rings. The molecule has 0 aromatic carbocycles. The number of nitrogens with zero attached hydrogens (tertiary/aromatic N) is 1. The third-order valence-corrected chi connectivity index (χ3v) is 2.77. The van der Waals surface area contributed by atoms with Gasteiger partial charge in [-0.05, 0) is 25.7 Å². The second kappa shape index (κ2) is 6.80. The fraction of sp³-hybridized carbons (Fsp3) is 0.909. The molecular weight excluding hydrogens is 176 g/mol. The third-order valence-electron chi connectivity index (χ3n) is 2.77. The van der Waals surface area contributed by atoms with E-state index in [1.54, 1.807) is 0 Å². The maximum atomic E-state index is 8.35. The van der Waals surface area contributed by atoms with Gasteiger partial charge in [0.25, 0.3) is 0 Å². The Bertz CT molecular complexity index is 188. The summed E-state index contributed by atoms with van der Waals surface area (Å²) in [4.78, 5) is 0. The highest BCUT2D eigenvalue weighted by atomic mass is 16.5. The molecule has 0 heterocycles. The highest BCUT2D eigenvalue weighted by Gasteiger charge is 2.21. The molecule has 1 aliphatic carbocycles. The lowest BCUT2D eigenvalue weighted by atomic mass is 9.93. The number of ether oxygens (including phenoxy) is 1. The van der Waals surface area contributed by atoms with Gasteiger partial charge in [0.1, 0.15) is 0 Å². The van der Waals surface area contributed by atoms with E-state index in [1.807, 2.05) is 0 Å². The van der Waals surface area contributed by atoms with E-state index >= 15 is 0 Å². The maximum absolute atomic E-state index is 8.35. The monoisotopic (exact) mass is 196 g/mol. The zero-order valence-corrected chi connectivity index (χ0v) is 8.74. The van der Waals surface area contributed by atoms with Crippen molar-refractivity contribution in [1.82, 2.24) is 0 Å². The first-order chi connectivity index (χ1) is 6.84. The van der Waals surface area contributed by atoms with Crippen LogP contribution in [0.1, 0.15) is 44.9 Å². The van der Waals surface area contributed by atoms with Gasteiger partial charge in [-0.2, -0.15) is 5.26 Å². The van der Waals surface area contributed by atoms with E-state index in [9.17, 15) is 0 Å². The van der Waals surface area contributed by atoms with Gasteiger partial charge < -0.3 is 10.5 Å². The van der Waals surface area contributed by atoms with Crippen molar-refractivity contribution in [1.29, 1.82) is 5.26 Å². The SMILES string of the molecule is N#CCCCCOC1CCCCC1N. The first-order valence-corrected chi connectivity index (χ1v) is 5.58. The van der Waals surface area contributed by atoms with E-state index in [0.717, 1.165) is 32.3 Å². The molecule has 2 N–H and O–H groups in total. The van der Waals surface area contributed by atoms with Crippen LogP contribution in [-0.4, -0.2) is 18.8 Å². The van der Waals surface area contributed by atoms with Gasteiger partial charge in [0.05, 0.1) is 12.2 Å². The second-order valence-corrected chi connectivity index (χ2v) is 3.97. The number of hydrogen-bond donors (Lipinski definition) is 1. The summed E-state index contributed by atoms with van der Waals surface area (Å²) in [5.41, 5.74) is 5.94. The van der Waals surface area contributed by atoms with E-state index in [4.69, 9.17) is 15.7 Å². The van der Waals surface area contributed by atoms with Crippen molar-refractivity contribution >= 4 is 0 Å². The predicted molar refractivity (Wildman–Crippen MR) is 55.6 cm³/mol. The fourth-order valence-corrected chi connectivity index (χ4v) is 1.87. The summed E-state index contributed by atoms with van der Waals surface area (Å²) in [5.74, 6) is 0. The Hall–Kier alpha value is -0.590. The molecule has 0 amide bonds. The third kappa shape index (κ3) is 4.08. The molecular formula is C11H20N2O. The van der Waals surface area contributed by atoms with Crippen molar-refractivity contribution in [2.75, 3.05) is 6.61 Å². The largest absolute Gasteiger partial charge is 0.377 e. The summed E-state index contributed by atoms with van der Waals surface area (Å²) in [5, 5.41) is 8.35. The van der Waals surface area contributed by atoms with E-state index in [2.05, 4.69) is 6.07 Å². The van der Waals surface area contributed by atoms with Crippen LogP contribution in [0.3, 0.4) is 0 Å². The summed E-state index contributed by atoms with van der Waals surface area (Å²) in [6, 6.07) is 2.37. The highest BCUT2D eigenvalue weighted by molar-refractivity contribution is 4.78. The van der Waals surface area contributed by atoms with E-state index in [-0.39, 0.29) is 12.1 Å². The zero-order chi connectivity index (χ0) is 10.2. The molecule has 0 radical (unpaired) electrons. The van der Waals surface area contributed by atoms with Gasteiger partial charge in [0.2, 0.25) is 0 Å². The summed E-state index contributed by atoms with van der Waals surface area (Å²) >= 11 is 0. The minimum absolute atomic E-state index is 0.236. The van der Waals surface area contributed by atoms with Crippen LogP contribution in [0.4, 0.5) is 0 Å². The van der Waals surface area contributed by atoms with E-state index in [1.165, 1.54) is 12.8 Å². The average Bonchev–Trinajstić information content (AvgIpc) is 2.20. The Morgan fingerprint density at radius 1 is 1.29 bits per heavy atom. The van der Waals surface area contributed by atoms with Crippen LogP contribution in [0.2, 0.25) is 0 Å². The molecule has 0 spiro atoms. The molecule has 1 rings (SSSR count). The minimum atomic E-state index is 0.236. The molecule has 0 aromatic heterocycles. The zero-order valence-electron chi connectivity index (χ0n) is 8.74. The highest BCUT2D eigenvalue weighted by Crippen LogP contribution is 2.19. The number of nitriles is 1. The fourth-order valence-electron chi connectivity index (χ4n) is 1.87. The standard InChI is InChI=1S/C11H20N2O/c12-8-4-1-5-9-14-11-7-3-2-6-10(11)13/h10-11H,1-7,9,13H2. The minimum Gasteiger partial charge on any atom is -0.377 e. The molecule has 3 heteroatoms. The Kier molecular flexibility index (Phi) is 5.58. The van der Waals surface area contributed by atoms with Gasteiger partial charge in [0.15, 0.2) is 0 Å². The molecule has 80 valence electrons. The molecule has 2 atom stereocenters. The lowest BCUT2D eigenvalue weighted by molar-refractivity contribution is 0.0135. The quantitative estimate of drug-likeness (QED) is 0.684. The molecule has 0 aliphatic heterocycles. The summed E-state index contributed by atoms with van der Waals surface area (Å²) < 4.78 is 5.71. The molecule has 1 aliphatic rings.